The Kier molecular flexibility index (Phi) is 6.44. The van der Waals surface area contributed by atoms with Gasteiger partial charge in [0.05, 0.1) is 10.5 Å². The third-order valence-corrected chi connectivity index (χ3v) is 4.66. The van der Waals surface area contributed by atoms with Gasteiger partial charge in [0.15, 0.2) is 6.61 Å². The van der Waals surface area contributed by atoms with Crippen molar-refractivity contribution in [3.63, 3.8) is 0 Å². The molecule has 0 spiro atoms. The zero-order valence-electron chi connectivity index (χ0n) is 14.7. The van der Waals surface area contributed by atoms with Crippen LogP contribution in [0.4, 0.5) is 0 Å². The molecule has 1 atom stereocenters. The Morgan fingerprint density at radius 2 is 1.96 bits per heavy atom. The van der Waals surface area contributed by atoms with Crippen molar-refractivity contribution >= 4 is 21.8 Å². The molecule has 2 aromatic carbocycles. The molecule has 0 fully saturated rings. The van der Waals surface area contributed by atoms with E-state index in [-0.39, 0.29) is 18.6 Å². The maximum Gasteiger partial charge on any atom is 0.258 e. The van der Waals surface area contributed by atoms with Crippen LogP contribution in [0.3, 0.4) is 0 Å². The van der Waals surface area contributed by atoms with Crippen molar-refractivity contribution in [3.05, 3.63) is 63.1 Å². The van der Waals surface area contributed by atoms with E-state index in [0.717, 1.165) is 16.5 Å². The molecule has 0 aliphatic heterocycles. The van der Waals surface area contributed by atoms with E-state index >= 15 is 0 Å². The molecule has 128 valence electrons. The van der Waals surface area contributed by atoms with Crippen LogP contribution in [0.15, 0.2) is 40.9 Å². The van der Waals surface area contributed by atoms with Crippen LogP contribution in [0.2, 0.25) is 0 Å². The van der Waals surface area contributed by atoms with Gasteiger partial charge in [-0.15, -0.1) is 0 Å². The topological polar surface area (TPSA) is 38.3 Å². The number of hydrogen-bond donors (Lipinski definition) is 1. The van der Waals surface area contributed by atoms with Crippen molar-refractivity contribution in [1.29, 1.82) is 0 Å². The Hall–Kier alpha value is -1.81. The average molecular weight is 390 g/mol. The van der Waals surface area contributed by atoms with Crippen LogP contribution in [0, 0.1) is 13.8 Å². The first-order chi connectivity index (χ1) is 11.4. The van der Waals surface area contributed by atoms with E-state index in [1.165, 1.54) is 16.7 Å². The summed E-state index contributed by atoms with van der Waals surface area (Å²) in [7, 11) is 0. The van der Waals surface area contributed by atoms with Crippen molar-refractivity contribution in [1.82, 2.24) is 5.32 Å². The Balaban J connectivity index is 1.94. The molecule has 3 nitrogen and oxygen atoms in total. The van der Waals surface area contributed by atoms with Crippen molar-refractivity contribution < 1.29 is 9.53 Å². The number of nitrogens with one attached hydrogen (secondary N) is 1. The highest BCUT2D eigenvalue weighted by Crippen LogP contribution is 2.26. The van der Waals surface area contributed by atoms with E-state index in [0.29, 0.717) is 5.75 Å². The lowest BCUT2D eigenvalue weighted by Gasteiger charge is -2.18. The third kappa shape index (κ3) is 4.84. The molecule has 2 aromatic rings. The average Bonchev–Trinajstić information content (AvgIpc) is 2.55. The minimum Gasteiger partial charge on any atom is -0.483 e. The number of benzene rings is 2. The molecule has 24 heavy (non-hydrogen) atoms. The molecule has 2 rings (SSSR count). The summed E-state index contributed by atoms with van der Waals surface area (Å²) < 4.78 is 6.50. The number of carbonyl (C=O) groups is 1. The maximum atomic E-state index is 12.2. The Morgan fingerprint density at radius 1 is 1.21 bits per heavy atom. The molecule has 0 radical (unpaired) electrons. The van der Waals surface area contributed by atoms with Crippen molar-refractivity contribution in [3.8, 4) is 5.75 Å². The first-order valence-corrected chi connectivity index (χ1v) is 8.97. The van der Waals surface area contributed by atoms with E-state index in [4.69, 9.17) is 4.74 Å². The lowest BCUT2D eigenvalue weighted by molar-refractivity contribution is -0.123. The highest BCUT2D eigenvalue weighted by Gasteiger charge is 2.13. The highest BCUT2D eigenvalue weighted by atomic mass is 79.9. The second-order valence-corrected chi connectivity index (χ2v) is 6.91. The third-order valence-electron chi connectivity index (χ3n) is 4.04. The normalized spacial score (nSPS) is 11.9. The van der Waals surface area contributed by atoms with Gasteiger partial charge in [-0.05, 0) is 71.9 Å². The summed E-state index contributed by atoms with van der Waals surface area (Å²) in [6.07, 6.45) is 0.965. The van der Waals surface area contributed by atoms with Gasteiger partial charge in [0.2, 0.25) is 0 Å². The fraction of sp³-hybridized carbons (Fsp3) is 0.350. The molecule has 0 aliphatic rings. The summed E-state index contributed by atoms with van der Waals surface area (Å²) in [5.41, 5.74) is 4.72. The molecular formula is C20H24BrNO2. The summed E-state index contributed by atoms with van der Waals surface area (Å²) in [6.45, 7) is 8.20. The molecule has 1 N–H and O–H groups in total. The molecule has 0 saturated carbocycles. The number of hydrogen-bond acceptors (Lipinski definition) is 2. The van der Waals surface area contributed by atoms with Gasteiger partial charge in [-0.3, -0.25) is 4.79 Å². The quantitative estimate of drug-likeness (QED) is 0.763. The monoisotopic (exact) mass is 389 g/mol. The molecular weight excluding hydrogens is 366 g/mol. The van der Waals surface area contributed by atoms with Crippen LogP contribution in [0.25, 0.3) is 0 Å². The van der Waals surface area contributed by atoms with Gasteiger partial charge < -0.3 is 10.1 Å². The zero-order valence-corrected chi connectivity index (χ0v) is 16.2. The second-order valence-electron chi connectivity index (χ2n) is 6.06. The first-order valence-electron chi connectivity index (χ1n) is 8.18. The van der Waals surface area contributed by atoms with Crippen LogP contribution in [-0.4, -0.2) is 12.5 Å². The van der Waals surface area contributed by atoms with Crippen LogP contribution in [0.1, 0.15) is 42.1 Å². The van der Waals surface area contributed by atoms with Gasteiger partial charge >= 0.3 is 0 Å². The van der Waals surface area contributed by atoms with Crippen molar-refractivity contribution in [2.45, 2.75) is 40.2 Å². The van der Waals surface area contributed by atoms with E-state index in [1.807, 2.05) is 25.1 Å². The fourth-order valence-corrected chi connectivity index (χ4v) is 3.15. The predicted molar refractivity (Wildman–Crippen MR) is 101 cm³/mol. The van der Waals surface area contributed by atoms with E-state index in [2.05, 4.69) is 60.2 Å². The minimum absolute atomic E-state index is 0.000719. The number of amides is 1. The second kappa shape index (κ2) is 8.34. The van der Waals surface area contributed by atoms with Crippen molar-refractivity contribution in [2.24, 2.45) is 0 Å². The fourth-order valence-electron chi connectivity index (χ4n) is 2.61. The molecule has 4 heteroatoms. The van der Waals surface area contributed by atoms with Gasteiger partial charge in [0.1, 0.15) is 5.75 Å². The standard InChI is InChI=1S/C20H24BrNO2/c1-5-16-8-9-19(18(21)11-16)24-12-20(23)22-15(4)17-10-13(2)6-7-14(17)3/h6-11,15H,5,12H2,1-4H3,(H,22,23)/t15-/m1/s1. The summed E-state index contributed by atoms with van der Waals surface area (Å²) in [5, 5.41) is 3.00. The maximum absolute atomic E-state index is 12.2. The van der Waals surface area contributed by atoms with Gasteiger partial charge in [0, 0.05) is 0 Å². The zero-order chi connectivity index (χ0) is 17.7. The Bertz CT molecular complexity index is 728. The van der Waals surface area contributed by atoms with Crippen LogP contribution in [-0.2, 0) is 11.2 Å². The number of rotatable bonds is 6. The van der Waals surface area contributed by atoms with Crippen LogP contribution in [0.5, 0.6) is 5.75 Å². The van der Waals surface area contributed by atoms with E-state index in [1.54, 1.807) is 0 Å². The smallest absolute Gasteiger partial charge is 0.258 e. The molecule has 0 unspecified atom stereocenters. The Morgan fingerprint density at radius 3 is 2.62 bits per heavy atom. The summed E-state index contributed by atoms with van der Waals surface area (Å²) in [6, 6.07) is 12.1. The lowest BCUT2D eigenvalue weighted by Crippen LogP contribution is -2.31. The lowest BCUT2D eigenvalue weighted by atomic mass is 10.00. The predicted octanol–water partition coefficient (Wildman–Crippen LogP) is 4.88. The van der Waals surface area contributed by atoms with Crippen molar-refractivity contribution in [2.75, 3.05) is 6.61 Å². The summed E-state index contributed by atoms with van der Waals surface area (Å²) >= 11 is 3.49. The SMILES string of the molecule is CCc1ccc(OCC(=O)N[C@H](C)c2cc(C)ccc2C)c(Br)c1. The Labute approximate surface area is 152 Å². The summed E-state index contributed by atoms with van der Waals surface area (Å²) in [5.74, 6) is 0.552. The van der Waals surface area contributed by atoms with E-state index < -0.39 is 0 Å². The minimum atomic E-state index is -0.130. The number of aryl methyl sites for hydroxylation is 3. The summed E-state index contributed by atoms with van der Waals surface area (Å²) in [4.78, 5) is 12.2. The number of carbonyl (C=O) groups excluding carboxylic acids is 1. The molecule has 0 aliphatic carbocycles. The van der Waals surface area contributed by atoms with Crippen LogP contribution >= 0.6 is 15.9 Å². The van der Waals surface area contributed by atoms with Gasteiger partial charge in [-0.25, -0.2) is 0 Å². The highest BCUT2D eigenvalue weighted by molar-refractivity contribution is 9.10. The largest absolute Gasteiger partial charge is 0.483 e. The molecule has 1 amide bonds. The van der Waals surface area contributed by atoms with E-state index in [9.17, 15) is 4.79 Å². The molecule has 0 saturated heterocycles. The number of halogens is 1. The first kappa shape index (κ1) is 18.5. The number of ether oxygens (including phenoxy) is 1. The van der Waals surface area contributed by atoms with Gasteiger partial charge in [-0.2, -0.15) is 0 Å². The van der Waals surface area contributed by atoms with Crippen LogP contribution < -0.4 is 10.1 Å². The van der Waals surface area contributed by atoms with Gasteiger partial charge in [-0.1, -0.05) is 36.8 Å². The molecule has 0 bridgehead atoms. The van der Waals surface area contributed by atoms with Gasteiger partial charge in [0.25, 0.3) is 5.91 Å². The molecule has 0 heterocycles. The molecule has 0 aromatic heterocycles.